The van der Waals surface area contributed by atoms with Gasteiger partial charge in [-0.3, -0.25) is 14.9 Å². The molecule has 0 bridgehead atoms. The van der Waals surface area contributed by atoms with Crippen LogP contribution in [0.3, 0.4) is 0 Å². The van der Waals surface area contributed by atoms with E-state index in [1.165, 1.54) is 11.8 Å². The van der Waals surface area contributed by atoms with Gasteiger partial charge in [0, 0.05) is 18.0 Å². The van der Waals surface area contributed by atoms with Crippen LogP contribution in [0, 0.1) is 6.92 Å². The number of hydrogen-bond acceptors (Lipinski definition) is 4. The second-order valence-corrected chi connectivity index (χ2v) is 6.14. The van der Waals surface area contributed by atoms with Crippen molar-refractivity contribution in [2.45, 2.75) is 13.5 Å². The van der Waals surface area contributed by atoms with Crippen LogP contribution in [0.2, 0.25) is 0 Å². The molecule has 7 nitrogen and oxygen atoms in total. The highest BCUT2D eigenvalue weighted by molar-refractivity contribution is 5.92. The lowest BCUT2D eigenvalue weighted by Gasteiger charge is -2.02. The third kappa shape index (κ3) is 3.62. The van der Waals surface area contributed by atoms with Crippen molar-refractivity contribution in [2.75, 3.05) is 0 Å². The standard InChI is InChI=1S/C20H18N6O/c1-13-5-7-14(8-6-13)18-19(15-4-2-3-10-21-15)25-17(24-18)12-22-20(27)16-9-11-23-26-16/h2-11H,12H2,1H3,(H,22,27)(H,23,26)(H,24,25). The van der Waals surface area contributed by atoms with Crippen molar-refractivity contribution in [2.24, 2.45) is 0 Å². The van der Waals surface area contributed by atoms with Gasteiger partial charge in [0.1, 0.15) is 11.5 Å². The van der Waals surface area contributed by atoms with E-state index in [2.05, 4.69) is 25.5 Å². The number of H-pyrrole nitrogens is 2. The number of aromatic amines is 2. The second-order valence-electron chi connectivity index (χ2n) is 6.14. The lowest BCUT2D eigenvalue weighted by molar-refractivity contribution is 0.0945. The smallest absolute Gasteiger partial charge is 0.269 e. The largest absolute Gasteiger partial charge is 0.343 e. The number of rotatable bonds is 5. The molecule has 3 heterocycles. The fourth-order valence-corrected chi connectivity index (χ4v) is 2.76. The first-order valence-corrected chi connectivity index (χ1v) is 8.55. The molecule has 1 amide bonds. The minimum atomic E-state index is -0.236. The molecule has 0 saturated carbocycles. The van der Waals surface area contributed by atoms with Gasteiger partial charge in [-0.1, -0.05) is 35.9 Å². The molecule has 27 heavy (non-hydrogen) atoms. The molecule has 0 aliphatic heterocycles. The van der Waals surface area contributed by atoms with Crippen molar-refractivity contribution in [3.05, 3.63) is 78.0 Å². The maximum absolute atomic E-state index is 12.1. The molecule has 0 aliphatic rings. The summed E-state index contributed by atoms with van der Waals surface area (Å²) in [6.45, 7) is 2.31. The summed E-state index contributed by atoms with van der Waals surface area (Å²) in [6.07, 6.45) is 3.28. The zero-order valence-corrected chi connectivity index (χ0v) is 14.7. The summed E-state index contributed by atoms with van der Waals surface area (Å²) in [4.78, 5) is 24.5. The number of aryl methyl sites for hydroxylation is 1. The molecular weight excluding hydrogens is 340 g/mol. The number of amides is 1. The van der Waals surface area contributed by atoms with Crippen LogP contribution in [0.1, 0.15) is 21.9 Å². The van der Waals surface area contributed by atoms with E-state index in [4.69, 9.17) is 4.98 Å². The van der Waals surface area contributed by atoms with E-state index < -0.39 is 0 Å². The predicted octanol–water partition coefficient (Wildman–Crippen LogP) is 3.10. The Kier molecular flexibility index (Phi) is 4.49. The van der Waals surface area contributed by atoms with Gasteiger partial charge < -0.3 is 10.3 Å². The van der Waals surface area contributed by atoms with Gasteiger partial charge in [-0.05, 0) is 25.1 Å². The first-order chi connectivity index (χ1) is 13.2. The van der Waals surface area contributed by atoms with Crippen molar-refractivity contribution in [3.63, 3.8) is 0 Å². The molecule has 3 aromatic heterocycles. The summed E-state index contributed by atoms with van der Waals surface area (Å²) < 4.78 is 0. The minimum absolute atomic E-state index is 0.236. The number of hydrogen-bond donors (Lipinski definition) is 3. The van der Waals surface area contributed by atoms with Crippen LogP contribution >= 0.6 is 0 Å². The van der Waals surface area contributed by atoms with Crippen molar-refractivity contribution < 1.29 is 4.79 Å². The lowest BCUT2D eigenvalue weighted by atomic mass is 10.1. The first-order valence-electron chi connectivity index (χ1n) is 8.55. The summed E-state index contributed by atoms with van der Waals surface area (Å²) >= 11 is 0. The van der Waals surface area contributed by atoms with E-state index in [1.807, 2.05) is 49.4 Å². The molecule has 0 atom stereocenters. The molecule has 7 heteroatoms. The van der Waals surface area contributed by atoms with Gasteiger partial charge in [0.05, 0.1) is 23.6 Å². The van der Waals surface area contributed by atoms with Gasteiger partial charge >= 0.3 is 0 Å². The van der Waals surface area contributed by atoms with E-state index in [0.717, 1.165) is 22.6 Å². The van der Waals surface area contributed by atoms with E-state index in [0.29, 0.717) is 11.5 Å². The van der Waals surface area contributed by atoms with E-state index in [-0.39, 0.29) is 12.5 Å². The van der Waals surface area contributed by atoms with Gasteiger partial charge in [0.15, 0.2) is 0 Å². The molecule has 4 aromatic rings. The fraction of sp³-hybridized carbons (Fsp3) is 0.100. The van der Waals surface area contributed by atoms with Gasteiger partial charge in [-0.25, -0.2) is 4.98 Å². The van der Waals surface area contributed by atoms with Crippen LogP contribution in [0.4, 0.5) is 0 Å². The molecule has 0 unspecified atom stereocenters. The Morgan fingerprint density at radius 3 is 2.63 bits per heavy atom. The second kappa shape index (κ2) is 7.25. The average Bonchev–Trinajstić information content (AvgIpc) is 3.38. The van der Waals surface area contributed by atoms with Crippen molar-refractivity contribution in [1.29, 1.82) is 0 Å². The zero-order valence-electron chi connectivity index (χ0n) is 14.7. The number of pyridine rings is 1. The third-order valence-corrected chi connectivity index (χ3v) is 4.16. The predicted molar refractivity (Wildman–Crippen MR) is 102 cm³/mol. The average molecular weight is 358 g/mol. The first kappa shape index (κ1) is 16.7. The highest BCUT2D eigenvalue weighted by Gasteiger charge is 2.16. The summed E-state index contributed by atoms with van der Waals surface area (Å²) in [5, 5.41) is 9.26. The van der Waals surface area contributed by atoms with Gasteiger partial charge in [0.25, 0.3) is 5.91 Å². The molecule has 3 N–H and O–H groups in total. The number of nitrogens with zero attached hydrogens (tertiary/aromatic N) is 3. The normalized spacial score (nSPS) is 10.7. The summed E-state index contributed by atoms with van der Waals surface area (Å²) in [7, 11) is 0. The number of carbonyl (C=O) groups excluding carboxylic acids is 1. The SMILES string of the molecule is Cc1ccc(-c2nc(CNC(=O)c3ccn[nH]3)[nH]c2-c2ccccn2)cc1. The minimum Gasteiger partial charge on any atom is -0.343 e. The summed E-state index contributed by atoms with van der Waals surface area (Å²) in [5.74, 6) is 0.416. The number of aromatic nitrogens is 5. The Bertz CT molecular complexity index is 1040. The Balaban J connectivity index is 1.65. The summed E-state index contributed by atoms with van der Waals surface area (Å²) in [6, 6.07) is 15.5. The molecule has 0 aliphatic carbocycles. The van der Waals surface area contributed by atoms with Crippen LogP contribution in [0.25, 0.3) is 22.6 Å². The molecule has 0 radical (unpaired) electrons. The lowest BCUT2D eigenvalue weighted by Crippen LogP contribution is -2.23. The van der Waals surface area contributed by atoms with Crippen LogP contribution in [-0.2, 0) is 6.54 Å². The molecule has 0 saturated heterocycles. The quantitative estimate of drug-likeness (QED) is 0.510. The molecular formula is C20H18N6O. The number of benzene rings is 1. The number of carbonyl (C=O) groups is 1. The zero-order chi connectivity index (χ0) is 18.6. The van der Waals surface area contributed by atoms with Crippen LogP contribution in [0.5, 0.6) is 0 Å². The topological polar surface area (TPSA) is 99.4 Å². The molecule has 0 fully saturated rings. The number of imidazole rings is 1. The van der Waals surface area contributed by atoms with Gasteiger partial charge in [-0.2, -0.15) is 5.10 Å². The molecule has 0 spiro atoms. The van der Waals surface area contributed by atoms with E-state index >= 15 is 0 Å². The Morgan fingerprint density at radius 1 is 1.07 bits per heavy atom. The Hall–Kier alpha value is -3.74. The van der Waals surface area contributed by atoms with Crippen LogP contribution in [-0.4, -0.2) is 31.1 Å². The Morgan fingerprint density at radius 2 is 1.93 bits per heavy atom. The third-order valence-electron chi connectivity index (χ3n) is 4.16. The molecule has 1 aromatic carbocycles. The van der Waals surface area contributed by atoms with Gasteiger partial charge in [-0.15, -0.1) is 0 Å². The fourth-order valence-electron chi connectivity index (χ4n) is 2.76. The summed E-state index contributed by atoms with van der Waals surface area (Å²) in [5.41, 5.74) is 5.01. The Labute approximate surface area is 155 Å². The monoisotopic (exact) mass is 358 g/mol. The maximum atomic E-state index is 12.1. The molecule has 4 rings (SSSR count). The van der Waals surface area contributed by atoms with Crippen LogP contribution in [0.15, 0.2) is 60.9 Å². The van der Waals surface area contributed by atoms with E-state index in [1.54, 1.807) is 12.3 Å². The van der Waals surface area contributed by atoms with Crippen LogP contribution < -0.4 is 5.32 Å². The number of nitrogens with one attached hydrogen (secondary N) is 3. The van der Waals surface area contributed by atoms with E-state index in [9.17, 15) is 4.79 Å². The van der Waals surface area contributed by atoms with Crippen molar-refractivity contribution in [1.82, 2.24) is 30.5 Å². The highest BCUT2D eigenvalue weighted by atomic mass is 16.1. The van der Waals surface area contributed by atoms with Crippen molar-refractivity contribution >= 4 is 5.91 Å². The van der Waals surface area contributed by atoms with Gasteiger partial charge in [0.2, 0.25) is 0 Å². The molecule has 134 valence electrons. The maximum Gasteiger partial charge on any atom is 0.269 e. The van der Waals surface area contributed by atoms with Crippen molar-refractivity contribution in [3.8, 4) is 22.6 Å². The highest BCUT2D eigenvalue weighted by Crippen LogP contribution is 2.29.